The molecule has 0 spiro atoms. The third-order valence-electron chi connectivity index (χ3n) is 9.41. The molecule has 2 saturated heterocycles. The molecule has 2 fully saturated rings. The van der Waals surface area contributed by atoms with Crippen LogP contribution in [0.3, 0.4) is 0 Å². The first-order chi connectivity index (χ1) is 22.8. The molecule has 3 aliphatic rings. The highest BCUT2D eigenvalue weighted by molar-refractivity contribution is 6.06. The summed E-state index contributed by atoms with van der Waals surface area (Å²) in [5.74, 6) is 5.82. The van der Waals surface area contributed by atoms with Gasteiger partial charge >= 0.3 is 0 Å². The van der Waals surface area contributed by atoms with Crippen LogP contribution in [0.4, 0.5) is 5.82 Å². The minimum atomic E-state index is -0.651. The molecule has 2 aromatic heterocycles. The largest absolute Gasteiger partial charge is 0.357 e. The third kappa shape index (κ3) is 6.27. The van der Waals surface area contributed by atoms with Crippen LogP contribution >= 0.6 is 0 Å². The first-order valence-electron chi connectivity index (χ1n) is 16.2. The van der Waals surface area contributed by atoms with Gasteiger partial charge in [0.1, 0.15) is 11.9 Å². The maximum atomic E-state index is 13.1. The fourth-order valence-electron chi connectivity index (χ4n) is 6.90. The fourth-order valence-corrected chi connectivity index (χ4v) is 6.90. The number of imide groups is 1. The molecular formula is C37H36N6O4. The number of nitrogens with zero attached hydrogens (tertiary/aromatic N) is 3. The van der Waals surface area contributed by atoms with Gasteiger partial charge < -0.3 is 15.2 Å². The number of hydrogen-bond donors (Lipinski definition) is 3. The summed E-state index contributed by atoms with van der Waals surface area (Å²) in [5.41, 5.74) is 5.91. The normalized spacial score (nSPS) is 19.4. The van der Waals surface area contributed by atoms with Gasteiger partial charge in [-0.1, -0.05) is 30.0 Å². The lowest BCUT2D eigenvalue weighted by atomic mass is 10.0. The number of piperidine rings is 1. The minimum Gasteiger partial charge on any atom is -0.357 e. The van der Waals surface area contributed by atoms with Gasteiger partial charge in [0.15, 0.2) is 0 Å². The Balaban J connectivity index is 0.945. The highest BCUT2D eigenvalue weighted by Crippen LogP contribution is 2.32. The van der Waals surface area contributed by atoms with Crippen LogP contribution in [0.5, 0.6) is 0 Å². The Morgan fingerprint density at radius 1 is 1.06 bits per heavy atom. The van der Waals surface area contributed by atoms with E-state index in [0.29, 0.717) is 42.4 Å². The van der Waals surface area contributed by atoms with E-state index in [0.717, 1.165) is 53.4 Å². The molecule has 3 N–H and O–H groups in total. The molecule has 1 unspecified atom stereocenters. The number of nitrogens with one attached hydrogen (secondary N) is 3. The average Bonchev–Trinajstić information content (AvgIpc) is 3.78. The van der Waals surface area contributed by atoms with Crippen LogP contribution in [-0.4, -0.2) is 63.0 Å². The molecule has 4 amide bonds. The number of amides is 4. The van der Waals surface area contributed by atoms with Crippen molar-refractivity contribution in [3.8, 4) is 11.8 Å². The molecule has 0 aliphatic carbocycles. The van der Waals surface area contributed by atoms with E-state index < -0.39 is 11.9 Å². The topological polar surface area (TPSA) is 128 Å². The smallest absolute Gasteiger partial charge is 0.256 e. The van der Waals surface area contributed by atoms with Gasteiger partial charge in [-0.25, -0.2) is 4.98 Å². The Kier molecular flexibility index (Phi) is 8.31. The van der Waals surface area contributed by atoms with Gasteiger partial charge in [0.25, 0.3) is 11.8 Å². The number of pyridine rings is 1. The number of aromatic nitrogens is 2. The molecule has 238 valence electrons. The number of likely N-dealkylation sites (tertiary alicyclic amines) is 1. The van der Waals surface area contributed by atoms with Crippen molar-refractivity contribution >= 4 is 40.3 Å². The number of carbonyl (C=O) groups excluding carboxylic acids is 4. The van der Waals surface area contributed by atoms with Crippen LogP contribution in [0.2, 0.25) is 0 Å². The number of H-pyrrole nitrogens is 1. The molecule has 2 aromatic carbocycles. The van der Waals surface area contributed by atoms with E-state index in [4.69, 9.17) is 0 Å². The monoisotopic (exact) mass is 628 g/mol. The molecule has 7 rings (SSSR count). The number of anilines is 1. The highest BCUT2D eigenvalue weighted by Gasteiger charge is 2.39. The predicted octanol–water partition coefficient (Wildman–Crippen LogP) is 4.72. The molecule has 10 nitrogen and oxygen atoms in total. The second-order valence-electron chi connectivity index (χ2n) is 12.6. The summed E-state index contributed by atoms with van der Waals surface area (Å²) >= 11 is 0. The summed E-state index contributed by atoms with van der Waals surface area (Å²) in [7, 11) is 2.15. The zero-order chi connectivity index (χ0) is 32.5. The van der Waals surface area contributed by atoms with E-state index in [1.165, 1.54) is 12.1 Å². The Hall–Kier alpha value is -5.27. The fraction of sp³-hybridized carbons (Fsp3) is 0.324. The molecule has 0 radical (unpaired) electrons. The van der Waals surface area contributed by atoms with Crippen molar-refractivity contribution in [2.45, 2.75) is 63.6 Å². The number of carbonyl (C=O) groups is 4. The quantitative estimate of drug-likeness (QED) is 0.155. The zero-order valence-electron chi connectivity index (χ0n) is 26.3. The number of benzene rings is 2. The standard InChI is InChI=1S/C37H36N6O4/c1-42-17-7-14-31(42)30-19-26-21-38-33(20-29(26)39-30)40-35(45)25-12-5-9-23(18-25)8-3-2-4-10-24-11-6-13-27-28(24)22-43(37(27)47)32-15-16-34(44)41-36(32)46/h5-6,9,11-13,18-21,31-32,39H,2-3,7-8,14-17,22H2,1H3,(H,38,40,45)(H,41,44,46)/t31-,32?/m1/s1. The van der Waals surface area contributed by atoms with Crippen LogP contribution in [0.15, 0.2) is 60.8 Å². The minimum absolute atomic E-state index is 0.204. The molecule has 4 aromatic rings. The molecular weight excluding hydrogens is 592 g/mol. The lowest BCUT2D eigenvalue weighted by molar-refractivity contribution is -0.136. The maximum absolute atomic E-state index is 13.1. The van der Waals surface area contributed by atoms with Crippen LogP contribution in [-0.2, 0) is 22.6 Å². The first kappa shape index (κ1) is 30.4. The van der Waals surface area contributed by atoms with E-state index in [1.54, 1.807) is 23.2 Å². The molecule has 3 aliphatic heterocycles. The summed E-state index contributed by atoms with van der Waals surface area (Å²) in [4.78, 5) is 62.0. The second-order valence-corrected chi connectivity index (χ2v) is 12.6. The molecule has 5 heterocycles. The predicted molar refractivity (Wildman–Crippen MR) is 177 cm³/mol. The van der Waals surface area contributed by atoms with Crippen molar-refractivity contribution in [3.63, 3.8) is 0 Å². The zero-order valence-corrected chi connectivity index (χ0v) is 26.3. The number of unbranched alkanes of at least 4 members (excludes halogenated alkanes) is 1. The third-order valence-corrected chi connectivity index (χ3v) is 9.41. The molecule has 0 saturated carbocycles. The molecule has 0 bridgehead atoms. The van der Waals surface area contributed by atoms with Gasteiger partial charge in [0.05, 0.1) is 5.52 Å². The highest BCUT2D eigenvalue weighted by atomic mass is 16.2. The van der Waals surface area contributed by atoms with Crippen molar-refractivity contribution in [1.29, 1.82) is 0 Å². The number of rotatable bonds is 7. The van der Waals surface area contributed by atoms with Gasteiger partial charge in [-0.3, -0.25) is 29.4 Å². The summed E-state index contributed by atoms with van der Waals surface area (Å²) < 4.78 is 0. The number of hydrogen-bond acceptors (Lipinski definition) is 6. The SMILES string of the molecule is CN1CCC[C@@H]1c1cc2cnc(NC(=O)c3cccc(CCCC#Cc4cccc5c4CN(C4CCC(=O)NC4=O)C5=O)c3)cc2[nH]1. The van der Waals surface area contributed by atoms with E-state index >= 15 is 0 Å². The summed E-state index contributed by atoms with van der Waals surface area (Å²) in [6.07, 6.45) is 6.87. The maximum Gasteiger partial charge on any atom is 0.256 e. The summed E-state index contributed by atoms with van der Waals surface area (Å²) in [6, 6.07) is 16.8. The number of aryl methyl sites for hydroxylation is 1. The van der Waals surface area contributed by atoms with E-state index in [1.807, 2.05) is 36.4 Å². The van der Waals surface area contributed by atoms with Crippen LogP contribution in [0, 0.1) is 11.8 Å². The van der Waals surface area contributed by atoms with Crippen molar-refractivity contribution in [2.75, 3.05) is 18.9 Å². The Morgan fingerprint density at radius 3 is 2.77 bits per heavy atom. The van der Waals surface area contributed by atoms with Gasteiger partial charge in [-0.15, -0.1) is 0 Å². The van der Waals surface area contributed by atoms with Crippen LogP contribution in [0.25, 0.3) is 10.9 Å². The van der Waals surface area contributed by atoms with Crippen molar-refractivity contribution in [3.05, 3.63) is 94.3 Å². The van der Waals surface area contributed by atoms with Crippen molar-refractivity contribution in [1.82, 2.24) is 25.1 Å². The molecule has 47 heavy (non-hydrogen) atoms. The molecule has 2 atom stereocenters. The van der Waals surface area contributed by atoms with Crippen molar-refractivity contribution in [2.24, 2.45) is 0 Å². The Bertz CT molecular complexity index is 1970. The van der Waals surface area contributed by atoms with E-state index in [-0.39, 0.29) is 24.1 Å². The van der Waals surface area contributed by atoms with Crippen LogP contribution in [0.1, 0.15) is 87.7 Å². The second kappa shape index (κ2) is 12.9. The van der Waals surface area contributed by atoms with Gasteiger partial charge in [0.2, 0.25) is 11.8 Å². The van der Waals surface area contributed by atoms with Gasteiger partial charge in [-0.05, 0) is 87.2 Å². The Labute approximate surface area is 272 Å². The number of fused-ring (bicyclic) bond motifs is 2. The number of aromatic amines is 1. The lowest BCUT2D eigenvalue weighted by Gasteiger charge is -2.29. The lowest BCUT2D eigenvalue weighted by Crippen LogP contribution is -2.52. The van der Waals surface area contributed by atoms with Gasteiger partial charge in [-0.2, -0.15) is 0 Å². The van der Waals surface area contributed by atoms with Crippen LogP contribution < -0.4 is 10.6 Å². The first-order valence-corrected chi connectivity index (χ1v) is 16.2. The van der Waals surface area contributed by atoms with E-state index in [2.05, 4.69) is 50.5 Å². The van der Waals surface area contributed by atoms with Gasteiger partial charge in [0, 0.05) is 65.5 Å². The van der Waals surface area contributed by atoms with Crippen molar-refractivity contribution < 1.29 is 19.2 Å². The molecule has 10 heteroatoms. The summed E-state index contributed by atoms with van der Waals surface area (Å²) in [6.45, 7) is 1.40. The Morgan fingerprint density at radius 2 is 1.94 bits per heavy atom. The summed E-state index contributed by atoms with van der Waals surface area (Å²) in [5, 5.41) is 6.31. The van der Waals surface area contributed by atoms with E-state index in [9.17, 15) is 19.2 Å². The average molecular weight is 629 g/mol.